The van der Waals surface area contributed by atoms with Gasteiger partial charge in [0.15, 0.2) is 5.79 Å². The van der Waals surface area contributed by atoms with Gasteiger partial charge in [-0.3, -0.25) is 0 Å². The molecule has 0 radical (unpaired) electrons. The van der Waals surface area contributed by atoms with Crippen LogP contribution in [0.4, 0.5) is 0 Å². The van der Waals surface area contributed by atoms with E-state index < -0.39 is 18.0 Å². The first-order valence-corrected chi connectivity index (χ1v) is 13.4. The van der Waals surface area contributed by atoms with E-state index >= 15 is 0 Å². The van der Waals surface area contributed by atoms with Gasteiger partial charge < -0.3 is 19.3 Å². The largest absolute Gasteiger partial charge is 0.389 e. The Morgan fingerprint density at radius 2 is 1.20 bits per heavy atom. The Hall–Kier alpha value is -2.15. The molecule has 2 saturated heterocycles. The lowest BCUT2D eigenvalue weighted by molar-refractivity contribution is -0.164. The molecular weight excluding hydrogens is 456 g/mol. The highest BCUT2D eigenvalue weighted by atomic mass is 32.2. The molecule has 0 aromatic heterocycles. The monoisotopic (exact) mass is 490 g/mol. The van der Waals surface area contributed by atoms with Crippen molar-refractivity contribution in [1.29, 1.82) is 0 Å². The fourth-order valence-corrected chi connectivity index (χ4v) is 6.87. The molecule has 5 heteroatoms. The van der Waals surface area contributed by atoms with Gasteiger partial charge in [0.2, 0.25) is 0 Å². The van der Waals surface area contributed by atoms with Crippen LogP contribution in [0.5, 0.6) is 0 Å². The van der Waals surface area contributed by atoms with E-state index in [1.165, 1.54) is 11.1 Å². The Morgan fingerprint density at radius 1 is 0.714 bits per heavy atom. The first-order chi connectivity index (χ1) is 17.0. The highest BCUT2D eigenvalue weighted by molar-refractivity contribution is 8.00. The molecule has 0 amide bonds. The molecule has 2 fully saturated rings. The summed E-state index contributed by atoms with van der Waals surface area (Å²) in [5, 5.41) is 11.7. The average Bonchev–Trinajstić information content (AvgIpc) is 3.16. The molecule has 3 aromatic rings. The first kappa shape index (κ1) is 24.5. The lowest BCUT2D eigenvalue weighted by Crippen LogP contribution is -2.46. The van der Waals surface area contributed by atoms with Crippen LogP contribution >= 0.6 is 11.8 Å². The van der Waals surface area contributed by atoms with Gasteiger partial charge in [-0.2, -0.15) is 0 Å². The molecule has 0 bridgehead atoms. The predicted octanol–water partition coefficient (Wildman–Crippen LogP) is 5.42. The van der Waals surface area contributed by atoms with Gasteiger partial charge in [-0.1, -0.05) is 91.0 Å². The van der Waals surface area contributed by atoms with Crippen LogP contribution in [-0.4, -0.2) is 45.8 Å². The fraction of sp³-hybridized carbons (Fsp3) is 0.400. The number of thioether (sulfide) groups is 1. The molecule has 4 nitrogen and oxygen atoms in total. The third-order valence-corrected chi connectivity index (χ3v) is 8.35. The quantitative estimate of drug-likeness (QED) is 0.479. The van der Waals surface area contributed by atoms with Gasteiger partial charge in [0.1, 0.15) is 12.2 Å². The molecule has 2 aliphatic heterocycles. The summed E-state index contributed by atoms with van der Waals surface area (Å²) in [6, 6.07) is 31.1. The SMILES string of the molecule is CC1(C)OC2C(O)C(Cc3ccccc3)SC(Cc3ccccc3)C(OCc3ccccc3)C2O1. The Balaban J connectivity index is 1.48. The number of hydrogen-bond donors (Lipinski definition) is 1. The van der Waals surface area contributed by atoms with Crippen LogP contribution in [0.1, 0.15) is 30.5 Å². The van der Waals surface area contributed by atoms with Crippen LogP contribution in [0.25, 0.3) is 0 Å². The molecule has 0 aliphatic carbocycles. The molecule has 6 atom stereocenters. The van der Waals surface area contributed by atoms with Gasteiger partial charge >= 0.3 is 0 Å². The van der Waals surface area contributed by atoms with Crippen molar-refractivity contribution in [1.82, 2.24) is 0 Å². The molecule has 2 heterocycles. The van der Waals surface area contributed by atoms with Crippen LogP contribution in [0.2, 0.25) is 0 Å². The summed E-state index contributed by atoms with van der Waals surface area (Å²) < 4.78 is 19.4. The summed E-state index contributed by atoms with van der Waals surface area (Å²) >= 11 is 1.82. The van der Waals surface area contributed by atoms with E-state index in [2.05, 4.69) is 60.7 Å². The summed E-state index contributed by atoms with van der Waals surface area (Å²) in [5.41, 5.74) is 3.58. The summed E-state index contributed by atoms with van der Waals surface area (Å²) in [4.78, 5) is 0. The van der Waals surface area contributed by atoms with Gasteiger partial charge in [0, 0.05) is 10.5 Å². The Bertz CT molecular complexity index is 1060. The summed E-state index contributed by atoms with van der Waals surface area (Å²) in [7, 11) is 0. The van der Waals surface area contributed by atoms with Crippen molar-refractivity contribution in [2.24, 2.45) is 0 Å². The second-order valence-corrected chi connectivity index (χ2v) is 11.4. The second-order valence-electron chi connectivity index (χ2n) is 9.91. The van der Waals surface area contributed by atoms with Gasteiger partial charge in [-0.05, 0) is 43.4 Å². The molecule has 35 heavy (non-hydrogen) atoms. The molecule has 5 rings (SSSR count). The van der Waals surface area contributed by atoms with E-state index in [4.69, 9.17) is 14.2 Å². The van der Waals surface area contributed by atoms with Crippen LogP contribution in [0, 0.1) is 0 Å². The molecular formula is C30H34O4S. The third-order valence-electron chi connectivity index (χ3n) is 6.77. The molecule has 184 valence electrons. The molecule has 1 N–H and O–H groups in total. The van der Waals surface area contributed by atoms with Gasteiger partial charge in [0.25, 0.3) is 0 Å². The summed E-state index contributed by atoms with van der Waals surface area (Å²) in [6.07, 6.45) is -0.122. The summed E-state index contributed by atoms with van der Waals surface area (Å²) in [5.74, 6) is -0.777. The maximum Gasteiger partial charge on any atom is 0.164 e. The average molecular weight is 491 g/mol. The number of rotatable bonds is 7. The van der Waals surface area contributed by atoms with Crippen LogP contribution in [0.3, 0.4) is 0 Å². The van der Waals surface area contributed by atoms with E-state index in [9.17, 15) is 5.11 Å². The molecule has 3 aromatic carbocycles. The van der Waals surface area contributed by atoms with Gasteiger partial charge in [-0.25, -0.2) is 0 Å². The molecule has 2 aliphatic rings. The minimum Gasteiger partial charge on any atom is -0.389 e. The number of benzene rings is 3. The fourth-order valence-electron chi connectivity index (χ4n) is 5.14. The Kier molecular flexibility index (Phi) is 7.61. The lowest BCUT2D eigenvalue weighted by atomic mass is 9.94. The normalized spacial score (nSPS) is 29.9. The number of fused-ring (bicyclic) bond motifs is 1. The molecule has 0 saturated carbocycles. The van der Waals surface area contributed by atoms with Crippen molar-refractivity contribution in [3.8, 4) is 0 Å². The number of aliphatic hydroxyl groups is 1. The highest BCUT2D eigenvalue weighted by Gasteiger charge is 2.55. The zero-order chi connectivity index (χ0) is 24.3. The van der Waals surface area contributed by atoms with E-state index in [-0.39, 0.29) is 22.7 Å². The van der Waals surface area contributed by atoms with E-state index in [0.29, 0.717) is 6.61 Å². The molecule has 0 spiro atoms. The van der Waals surface area contributed by atoms with Crippen LogP contribution < -0.4 is 0 Å². The van der Waals surface area contributed by atoms with Crippen molar-refractivity contribution in [3.05, 3.63) is 108 Å². The number of ether oxygens (including phenoxy) is 3. The minimum atomic E-state index is -0.777. The predicted molar refractivity (Wildman–Crippen MR) is 140 cm³/mol. The van der Waals surface area contributed by atoms with Gasteiger partial charge in [-0.15, -0.1) is 11.8 Å². The smallest absolute Gasteiger partial charge is 0.164 e. The lowest BCUT2D eigenvalue weighted by Gasteiger charge is -2.31. The first-order valence-electron chi connectivity index (χ1n) is 12.4. The Morgan fingerprint density at radius 3 is 1.77 bits per heavy atom. The third kappa shape index (κ3) is 5.99. The topological polar surface area (TPSA) is 47.9 Å². The van der Waals surface area contributed by atoms with E-state index in [1.54, 1.807) is 0 Å². The summed E-state index contributed by atoms with van der Waals surface area (Å²) in [6.45, 7) is 4.34. The van der Waals surface area contributed by atoms with Crippen molar-refractivity contribution in [3.63, 3.8) is 0 Å². The maximum absolute atomic E-state index is 11.6. The van der Waals surface area contributed by atoms with Crippen LogP contribution in [0.15, 0.2) is 91.0 Å². The van der Waals surface area contributed by atoms with Crippen molar-refractivity contribution < 1.29 is 19.3 Å². The standard InChI is InChI=1S/C30H34O4S/c1-30(2)33-28-26(31)24(18-21-12-6-3-7-13-21)35-25(19-22-14-8-4-9-15-22)27(29(28)34-30)32-20-23-16-10-5-11-17-23/h3-17,24-29,31H,18-20H2,1-2H3. The van der Waals surface area contributed by atoms with Crippen molar-refractivity contribution >= 4 is 11.8 Å². The van der Waals surface area contributed by atoms with Crippen LogP contribution in [-0.2, 0) is 33.7 Å². The highest BCUT2D eigenvalue weighted by Crippen LogP contribution is 2.44. The minimum absolute atomic E-state index is 0.0403. The molecule has 6 unspecified atom stereocenters. The Labute approximate surface area is 212 Å². The van der Waals surface area contributed by atoms with Crippen molar-refractivity contribution in [2.45, 2.75) is 74.0 Å². The van der Waals surface area contributed by atoms with E-state index in [1.807, 2.05) is 55.9 Å². The maximum atomic E-state index is 11.6. The second kappa shape index (κ2) is 10.9. The van der Waals surface area contributed by atoms with Crippen molar-refractivity contribution in [2.75, 3.05) is 0 Å². The number of aliphatic hydroxyl groups excluding tert-OH is 1. The number of hydrogen-bond acceptors (Lipinski definition) is 5. The zero-order valence-electron chi connectivity index (χ0n) is 20.3. The van der Waals surface area contributed by atoms with E-state index in [0.717, 1.165) is 18.4 Å². The zero-order valence-corrected chi connectivity index (χ0v) is 21.1. The van der Waals surface area contributed by atoms with Gasteiger partial charge in [0.05, 0.1) is 18.8 Å².